The van der Waals surface area contributed by atoms with Gasteiger partial charge in [0.05, 0.1) is 0 Å². The summed E-state index contributed by atoms with van der Waals surface area (Å²) in [6, 6.07) is 0.0510. The second kappa shape index (κ2) is 3.94. The number of aromatic nitrogens is 4. The molecule has 0 aliphatic carbocycles. The second-order valence-electron chi connectivity index (χ2n) is 4.30. The quantitative estimate of drug-likeness (QED) is 0.857. The van der Waals surface area contributed by atoms with Crippen LogP contribution in [0.2, 0.25) is 0 Å². The van der Waals surface area contributed by atoms with E-state index in [0.717, 1.165) is 12.8 Å². The number of nitrogens with zero attached hydrogens (tertiary/aromatic N) is 4. The summed E-state index contributed by atoms with van der Waals surface area (Å²) in [7, 11) is -3.70. The van der Waals surface area contributed by atoms with Crippen LogP contribution in [0.15, 0.2) is 6.08 Å². The van der Waals surface area contributed by atoms with Crippen LogP contribution in [-0.2, 0) is 9.19 Å². The topological polar surface area (TPSA) is 100 Å². The number of hydrogen-bond acceptors (Lipinski definition) is 8. The molecule has 2 aromatic rings. The van der Waals surface area contributed by atoms with Gasteiger partial charge in [-0.05, 0) is 12.5 Å². The van der Waals surface area contributed by atoms with Crippen molar-refractivity contribution in [2.45, 2.75) is 19.8 Å². The average Bonchev–Trinajstić information content (AvgIpc) is 2.84. The summed E-state index contributed by atoms with van der Waals surface area (Å²) in [6.45, 7) is 2.08. The van der Waals surface area contributed by atoms with E-state index in [9.17, 15) is 4.57 Å². The summed E-state index contributed by atoms with van der Waals surface area (Å²) >= 11 is 0. The molecule has 9 nitrogen and oxygen atoms in total. The van der Waals surface area contributed by atoms with Crippen molar-refractivity contribution in [2.75, 3.05) is 5.48 Å². The molecule has 20 heavy (non-hydrogen) atoms. The van der Waals surface area contributed by atoms with E-state index in [-0.39, 0.29) is 6.01 Å². The van der Waals surface area contributed by atoms with Gasteiger partial charge < -0.3 is 4.52 Å². The fourth-order valence-corrected chi connectivity index (χ4v) is 2.91. The van der Waals surface area contributed by atoms with Gasteiger partial charge in [0.1, 0.15) is 0 Å². The summed E-state index contributed by atoms with van der Waals surface area (Å²) in [5.74, 6) is 0.817. The van der Waals surface area contributed by atoms with Crippen LogP contribution in [-0.4, -0.2) is 19.7 Å². The molecule has 0 aromatic carbocycles. The number of rotatable bonds is 3. The van der Waals surface area contributed by atoms with Gasteiger partial charge in [0.15, 0.2) is 22.8 Å². The van der Waals surface area contributed by atoms with Gasteiger partial charge in [-0.15, -0.1) is 9.35 Å². The van der Waals surface area contributed by atoms with Crippen molar-refractivity contribution in [1.82, 2.24) is 19.7 Å². The molecular formula is C10H10N5O4P. The first-order valence-corrected chi connectivity index (χ1v) is 7.56. The lowest BCUT2D eigenvalue weighted by Gasteiger charge is -2.05. The summed E-state index contributed by atoms with van der Waals surface area (Å²) in [6.07, 6.45) is 5.74. The fraction of sp³-hybridized carbons (Fsp3) is 0.300. The van der Waals surface area contributed by atoms with Crippen molar-refractivity contribution in [3.63, 3.8) is 0 Å². The van der Waals surface area contributed by atoms with Crippen molar-refractivity contribution < 1.29 is 18.3 Å². The van der Waals surface area contributed by atoms with Gasteiger partial charge in [0.2, 0.25) is 0 Å². The molecule has 2 aliphatic heterocycles. The highest BCUT2D eigenvalue weighted by molar-refractivity contribution is 7.49. The summed E-state index contributed by atoms with van der Waals surface area (Å²) < 4.78 is 28.2. The van der Waals surface area contributed by atoms with Crippen LogP contribution in [0.1, 0.15) is 25.6 Å². The third-order valence-electron chi connectivity index (χ3n) is 2.81. The third-order valence-corrected chi connectivity index (χ3v) is 3.88. The lowest BCUT2D eigenvalue weighted by molar-refractivity contribution is 0.226. The van der Waals surface area contributed by atoms with Crippen molar-refractivity contribution in [3.8, 4) is 6.01 Å². The molecule has 1 unspecified atom stereocenters. The number of unbranched alkanes of at least 4 members (excludes halogenated alkanes) is 1. The number of nitrogens with one attached hydrogen (secondary N) is 1. The number of fused-ring (bicyclic) bond motifs is 1. The third kappa shape index (κ3) is 1.60. The molecule has 0 fully saturated rings. The van der Waals surface area contributed by atoms with Crippen LogP contribution in [0.5, 0.6) is 6.01 Å². The molecule has 0 saturated carbocycles. The Morgan fingerprint density at radius 1 is 1.40 bits per heavy atom. The van der Waals surface area contributed by atoms with Gasteiger partial charge >= 0.3 is 13.8 Å². The van der Waals surface area contributed by atoms with Gasteiger partial charge in [-0.2, -0.15) is 4.98 Å². The lowest BCUT2D eigenvalue weighted by Crippen LogP contribution is -2.04. The van der Waals surface area contributed by atoms with Crippen molar-refractivity contribution in [2.24, 2.45) is 0 Å². The van der Waals surface area contributed by atoms with Gasteiger partial charge in [-0.1, -0.05) is 19.4 Å². The highest BCUT2D eigenvalue weighted by atomic mass is 31.2. The Hall–Kier alpha value is -2.12. The van der Waals surface area contributed by atoms with Gasteiger partial charge in [-0.25, -0.2) is 20.0 Å². The molecule has 2 aromatic heterocycles. The van der Waals surface area contributed by atoms with E-state index < -0.39 is 7.82 Å². The van der Waals surface area contributed by atoms with E-state index in [1.807, 2.05) is 6.08 Å². The molecule has 1 N–H and O–H groups in total. The van der Waals surface area contributed by atoms with Crippen LogP contribution >= 0.6 is 7.82 Å². The van der Waals surface area contributed by atoms with Crippen LogP contribution < -0.4 is 14.6 Å². The molecular weight excluding hydrogens is 285 g/mol. The monoisotopic (exact) mass is 295 g/mol. The highest BCUT2D eigenvalue weighted by Crippen LogP contribution is 2.54. The zero-order valence-corrected chi connectivity index (χ0v) is 11.3. The number of allylic oxidation sites excluding steroid dienone is 1. The minimum atomic E-state index is -3.70. The fourth-order valence-electron chi connectivity index (χ4n) is 1.94. The van der Waals surface area contributed by atoms with Crippen molar-refractivity contribution in [3.05, 3.63) is 11.9 Å². The first kappa shape index (κ1) is 11.7. The number of phosphoric acid groups is 1. The Kier molecular flexibility index (Phi) is 2.30. The average molecular weight is 295 g/mol. The SMILES string of the molecule is CCC/C=C/c1nc2c3c(n1)nc1n3OP(=O)(ON2)O1. The van der Waals surface area contributed by atoms with E-state index in [0.29, 0.717) is 22.8 Å². The smallest absolute Gasteiger partial charge is 0.355 e. The van der Waals surface area contributed by atoms with Crippen molar-refractivity contribution in [1.29, 1.82) is 0 Å². The second-order valence-corrected chi connectivity index (χ2v) is 5.72. The van der Waals surface area contributed by atoms with E-state index in [1.165, 1.54) is 4.73 Å². The van der Waals surface area contributed by atoms with E-state index >= 15 is 0 Å². The predicted octanol–water partition coefficient (Wildman–Crippen LogP) is 1.93. The van der Waals surface area contributed by atoms with Gasteiger partial charge in [0.25, 0.3) is 0 Å². The zero-order chi connectivity index (χ0) is 13.7. The number of imidazole rings is 1. The van der Waals surface area contributed by atoms with Crippen molar-refractivity contribution >= 4 is 30.9 Å². The Bertz CT molecular complexity index is 786. The summed E-state index contributed by atoms with van der Waals surface area (Å²) in [4.78, 5) is 12.7. The van der Waals surface area contributed by atoms with Gasteiger partial charge in [-0.3, -0.25) is 4.62 Å². The largest absolute Gasteiger partial charge is 0.632 e. The minimum absolute atomic E-state index is 0.0510. The van der Waals surface area contributed by atoms with Crippen LogP contribution in [0.25, 0.3) is 17.2 Å². The summed E-state index contributed by atoms with van der Waals surface area (Å²) in [5, 5.41) is 0. The molecule has 104 valence electrons. The molecule has 1 atom stereocenters. The van der Waals surface area contributed by atoms with Crippen LogP contribution in [0.3, 0.4) is 0 Å². The van der Waals surface area contributed by atoms with E-state index in [2.05, 4.69) is 27.4 Å². The molecule has 0 saturated heterocycles. The van der Waals surface area contributed by atoms with E-state index in [4.69, 9.17) is 13.8 Å². The highest BCUT2D eigenvalue weighted by Gasteiger charge is 2.46. The molecule has 4 heterocycles. The molecule has 0 spiro atoms. The molecule has 10 heteroatoms. The minimum Gasteiger partial charge on any atom is -0.355 e. The molecule has 2 aliphatic rings. The normalized spacial score (nSPS) is 22.9. The number of hydrogen-bond donors (Lipinski definition) is 1. The Labute approximate surface area is 113 Å². The number of anilines is 1. The lowest BCUT2D eigenvalue weighted by atomic mass is 10.3. The Morgan fingerprint density at radius 2 is 2.30 bits per heavy atom. The Balaban J connectivity index is 1.87. The van der Waals surface area contributed by atoms with Crippen LogP contribution in [0, 0.1) is 0 Å². The maximum Gasteiger partial charge on any atom is 0.632 e. The zero-order valence-electron chi connectivity index (χ0n) is 10.4. The maximum absolute atomic E-state index is 12.0. The standard InChI is InChI=1S/C10H10N5O4P/c1-2-3-4-5-6-11-8-7-9(12-6)14-18-20(16)17-10(13-8)15(7)19-20/h4-5H,2-3H2,1H3,(H,11,12,14)/b5-4+. The molecule has 0 amide bonds. The molecule has 2 bridgehead atoms. The molecule has 4 rings (SSSR count). The maximum atomic E-state index is 12.0. The first-order valence-electron chi connectivity index (χ1n) is 6.10. The van der Waals surface area contributed by atoms with E-state index in [1.54, 1.807) is 6.08 Å². The predicted molar refractivity (Wildman–Crippen MR) is 68.8 cm³/mol. The molecule has 0 radical (unpaired) electrons. The van der Waals surface area contributed by atoms with Gasteiger partial charge in [0, 0.05) is 0 Å². The first-order chi connectivity index (χ1) is 9.68. The summed E-state index contributed by atoms with van der Waals surface area (Å²) in [5.41, 5.74) is 3.30. The van der Waals surface area contributed by atoms with Crippen LogP contribution in [0.4, 0.5) is 5.82 Å². The Morgan fingerprint density at radius 3 is 3.15 bits per heavy atom.